The second kappa shape index (κ2) is 4.99. The van der Waals surface area contributed by atoms with Gasteiger partial charge in [-0.05, 0) is 47.9 Å². The van der Waals surface area contributed by atoms with Gasteiger partial charge in [-0.2, -0.15) is 5.26 Å². The summed E-state index contributed by atoms with van der Waals surface area (Å²) in [4.78, 5) is 0. The number of hydrogen-bond acceptors (Lipinski definition) is 2. The van der Waals surface area contributed by atoms with Crippen molar-refractivity contribution in [2.45, 2.75) is 13.0 Å². The lowest BCUT2D eigenvalue weighted by Crippen LogP contribution is -2.01. The standard InChI is InChI=1S/C15H12FNO/c1-10-5-13(8-14(16)6-10)15(18)12-4-2-3-11(7-12)9-17/h2-8,15,18H,1H3. The minimum absolute atomic E-state index is 0.375. The van der Waals surface area contributed by atoms with Gasteiger partial charge in [-0.15, -0.1) is 0 Å². The van der Waals surface area contributed by atoms with Gasteiger partial charge in [0.1, 0.15) is 11.9 Å². The normalized spacial score (nSPS) is 11.9. The van der Waals surface area contributed by atoms with Crippen LogP contribution in [0, 0.1) is 24.1 Å². The number of aryl methyl sites for hydroxylation is 1. The van der Waals surface area contributed by atoms with Crippen LogP contribution in [0.5, 0.6) is 0 Å². The van der Waals surface area contributed by atoms with Crippen molar-refractivity contribution in [2.24, 2.45) is 0 Å². The third kappa shape index (κ3) is 2.55. The van der Waals surface area contributed by atoms with Crippen molar-refractivity contribution in [3.63, 3.8) is 0 Å². The van der Waals surface area contributed by atoms with Crippen molar-refractivity contribution in [1.29, 1.82) is 5.26 Å². The molecule has 2 aromatic rings. The molecule has 2 rings (SSSR count). The summed E-state index contributed by atoms with van der Waals surface area (Å²) in [5, 5.41) is 19.0. The van der Waals surface area contributed by atoms with Crippen LogP contribution in [0.25, 0.3) is 0 Å². The summed E-state index contributed by atoms with van der Waals surface area (Å²) in [5.74, 6) is -0.375. The minimum Gasteiger partial charge on any atom is -0.384 e. The fourth-order valence-electron chi connectivity index (χ4n) is 1.89. The highest BCUT2D eigenvalue weighted by molar-refractivity contribution is 5.38. The summed E-state index contributed by atoms with van der Waals surface area (Å²) < 4.78 is 13.3. The second-order valence-electron chi connectivity index (χ2n) is 4.20. The molecule has 0 bridgehead atoms. The Balaban J connectivity index is 2.41. The van der Waals surface area contributed by atoms with Gasteiger partial charge in [0.05, 0.1) is 11.6 Å². The largest absolute Gasteiger partial charge is 0.384 e. The number of aliphatic hydroxyl groups excluding tert-OH is 1. The van der Waals surface area contributed by atoms with E-state index in [4.69, 9.17) is 5.26 Å². The van der Waals surface area contributed by atoms with Gasteiger partial charge >= 0.3 is 0 Å². The molecule has 0 aromatic heterocycles. The van der Waals surface area contributed by atoms with Crippen molar-refractivity contribution >= 4 is 0 Å². The van der Waals surface area contributed by atoms with E-state index in [2.05, 4.69) is 0 Å². The zero-order chi connectivity index (χ0) is 13.1. The van der Waals surface area contributed by atoms with E-state index in [1.54, 1.807) is 37.3 Å². The summed E-state index contributed by atoms with van der Waals surface area (Å²) >= 11 is 0. The predicted molar refractivity (Wildman–Crippen MR) is 66.4 cm³/mol. The van der Waals surface area contributed by atoms with Gasteiger partial charge in [-0.1, -0.05) is 18.2 Å². The summed E-state index contributed by atoms with van der Waals surface area (Å²) in [6, 6.07) is 13.1. The number of nitrogens with zero attached hydrogens (tertiary/aromatic N) is 1. The third-order valence-corrected chi connectivity index (χ3v) is 2.71. The van der Waals surface area contributed by atoms with E-state index in [0.717, 1.165) is 5.56 Å². The molecule has 0 radical (unpaired) electrons. The Hall–Kier alpha value is -2.18. The summed E-state index contributed by atoms with van der Waals surface area (Å²) in [6.07, 6.45) is -0.923. The molecule has 1 N–H and O–H groups in total. The molecule has 0 aliphatic heterocycles. The maximum absolute atomic E-state index is 13.3. The van der Waals surface area contributed by atoms with Gasteiger partial charge in [-0.3, -0.25) is 0 Å². The molecule has 0 saturated heterocycles. The average molecular weight is 241 g/mol. The first kappa shape index (κ1) is 12.3. The smallest absolute Gasteiger partial charge is 0.123 e. The number of benzene rings is 2. The van der Waals surface area contributed by atoms with E-state index in [1.165, 1.54) is 12.1 Å². The molecule has 90 valence electrons. The molecule has 3 heteroatoms. The number of halogens is 1. The SMILES string of the molecule is Cc1cc(F)cc(C(O)c2cccc(C#N)c2)c1. The van der Waals surface area contributed by atoms with Crippen LogP contribution < -0.4 is 0 Å². The van der Waals surface area contributed by atoms with Crippen LogP contribution in [-0.2, 0) is 0 Å². The van der Waals surface area contributed by atoms with E-state index in [1.807, 2.05) is 6.07 Å². The summed E-state index contributed by atoms with van der Waals surface area (Å²) in [6.45, 7) is 1.77. The van der Waals surface area contributed by atoms with Crippen LogP contribution in [0.15, 0.2) is 42.5 Å². The molecule has 0 heterocycles. The number of aliphatic hydroxyl groups is 1. The molecular weight excluding hydrogens is 229 g/mol. The lowest BCUT2D eigenvalue weighted by Gasteiger charge is -2.12. The monoisotopic (exact) mass is 241 g/mol. The Morgan fingerprint density at radius 3 is 2.61 bits per heavy atom. The van der Waals surface area contributed by atoms with E-state index < -0.39 is 6.10 Å². The fourth-order valence-corrected chi connectivity index (χ4v) is 1.89. The topological polar surface area (TPSA) is 44.0 Å². The van der Waals surface area contributed by atoms with Crippen molar-refractivity contribution < 1.29 is 9.50 Å². The van der Waals surface area contributed by atoms with Gasteiger partial charge in [0.2, 0.25) is 0 Å². The number of rotatable bonds is 2. The Morgan fingerprint density at radius 1 is 1.17 bits per heavy atom. The van der Waals surface area contributed by atoms with E-state index >= 15 is 0 Å². The van der Waals surface area contributed by atoms with Crippen LogP contribution >= 0.6 is 0 Å². The minimum atomic E-state index is -0.923. The molecule has 0 aliphatic carbocycles. The Kier molecular flexibility index (Phi) is 3.40. The van der Waals surface area contributed by atoms with Gasteiger partial charge in [0.25, 0.3) is 0 Å². The first-order chi connectivity index (χ1) is 8.60. The molecule has 0 aliphatic rings. The third-order valence-electron chi connectivity index (χ3n) is 2.71. The molecule has 0 saturated carbocycles. The quantitative estimate of drug-likeness (QED) is 0.878. The highest BCUT2D eigenvalue weighted by Crippen LogP contribution is 2.24. The van der Waals surface area contributed by atoms with Crippen LogP contribution in [0.3, 0.4) is 0 Å². The lowest BCUT2D eigenvalue weighted by atomic mass is 9.98. The summed E-state index contributed by atoms with van der Waals surface area (Å²) in [7, 11) is 0. The molecule has 2 aromatic carbocycles. The van der Waals surface area contributed by atoms with Crippen molar-refractivity contribution in [1.82, 2.24) is 0 Å². The first-order valence-electron chi connectivity index (χ1n) is 5.55. The zero-order valence-electron chi connectivity index (χ0n) is 9.89. The van der Waals surface area contributed by atoms with Gasteiger partial charge < -0.3 is 5.11 Å². The van der Waals surface area contributed by atoms with E-state index in [0.29, 0.717) is 16.7 Å². The van der Waals surface area contributed by atoms with Crippen LogP contribution in [0.4, 0.5) is 4.39 Å². The maximum Gasteiger partial charge on any atom is 0.123 e. The maximum atomic E-state index is 13.3. The number of nitriles is 1. The van der Waals surface area contributed by atoms with Crippen molar-refractivity contribution in [3.05, 3.63) is 70.5 Å². The Bertz CT molecular complexity index is 596. The molecule has 0 amide bonds. The lowest BCUT2D eigenvalue weighted by molar-refractivity contribution is 0.219. The molecule has 0 spiro atoms. The highest BCUT2D eigenvalue weighted by Gasteiger charge is 2.12. The van der Waals surface area contributed by atoms with Crippen LogP contribution in [0.1, 0.15) is 28.4 Å². The van der Waals surface area contributed by atoms with E-state index in [-0.39, 0.29) is 5.82 Å². The van der Waals surface area contributed by atoms with Crippen LogP contribution in [-0.4, -0.2) is 5.11 Å². The van der Waals surface area contributed by atoms with Crippen molar-refractivity contribution in [2.75, 3.05) is 0 Å². The molecule has 2 nitrogen and oxygen atoms in total. The van der Waals surface area contributed by atoms with E-state index in [9.17, 15) is 9.50 Å². The molecular formula is C15H12FNO. The Morgan fingerprint density at radius 2 is 1.94 bits per heavy atom. The average Bonchev–Trinajstić information content (AvgIpc) is 2.37. The second-order valence-corrected chi connectivity index (χ2v) is 4.20. The van der Waals surface area contributed by atoms with Crippen LogP contribution in [0.2, 0.25) is 0 Å². The van der Waals surface area contributed by atoms with Gasteiger partial charge in [-0.25, -0.2) is 4.39 Å². The van der Waals surface area contributed by atoms with Gasteiger partial charge in [0.15, 0.2) is 0 Å². The number of hydrogen-bond donors (Lipinski definition) is 1. The molecule has 1 atom stereocenters. The molecule has 1 unspecified atom stereocenters. The van der Waals surface area contributed by atoms with Crippen molar-refractivity contribution in [3.8, 4) is 6.07 Å². The summed E-state index contributed by atoms with van der Waals surface area (Å²) in [5.41, 5.74) is 2.29. The van der Waals surface area contributed by atoms with Gasteiger partial charge in [0, 0.05) is 0 Å². The molecule has 18 heavy (non-hydrogen) atoms. The Labute approximate surface area is 105 Å². The fraction of sp³-hybridized carbons (Fsp3) is 0.133. The highest BCUT2D eigenvalue weighted by atomic mass is 19.1. The first-order valence-corrected chi connectivity index (χ1v) is 5.55. The zero-order valence-corrected chi connectivity index (χ0v) is 9.89. The molecule has 0 fully saturated rings. The predicted octanol–water partition coefficient (Wildman–Crippen LogP) is 3.09.